The van der Waals surface area contributed by atoms with E-state index in [1.807, 2.05) is 5.32 Å². The number of aryl methyl sites for hydroxylation is 1. The number of amides is 2. The fraction of sp³-hybridized carbons (Fsp3) is 0.308. The van der Waals surface area contributed by atoms with Crippen LogP contribution in [0.5, 0.6) is 0 Å². The van der Waals surface area contributed by atoms with Crippen molar-refractivity contribution in [1.29, 1.82) is 0 Å². The summed E-state index contributed by atoms with van der Waals surface area (Å²) in [6.07, 6.45) is -0.857. The number of carbonyl (C=O) groups is 3. The number of urea groups is 1. The molecule has 0 spiro atoms. The number of nitrogens with one attached hydrogen (secondary N) is 2. The Bertz CT molecular complexity index is 698. The van der Waals surface area contributed by atoms with E-state index in [9.17, 15) is 22.8 Å². The summed E-state index contributed by atoms with van der Waals surface area (Å²) in [5.41, 5.74) is 0.827. The summed E-state index contributed by atoms with van der Waals surface area (Å²) in [6.45, 7) is 1.76. The van der Waals surface area contributed by atoms with Crippen molar-refractivity contribution < 1.29 is 33.0 Å². The standard InChI is InChI=1S/C13H16N2O7S/c1-8-2-4-9(5-3-8)23(21,22)15-13(20)14-10(12(18)19)6-7-11(16)17/h2-5,10H,6-7H2,1H3,(H,16,17)(H,18,19)(H2,14,15,20)/t10-/m0/s1. The third-order valence-corrected chi connectivity index (χ3v) is 4.16. The van der Waals surface area contributed by atoms with Gasteiger partial charge in [0.15, 0.2) is 0 Å². The number of hydrogen-bond acceptors (Lipinski definition) is 5. The second kappa shape index (κ2) is 7.58. The number of carboxylic acid groups (broad SMARTS) is 2. The normalized spacial score (nSPS) is 12.2. The van der Waals surface area contributed by atoms with Crippen LogP contribution in [-0.4, -0.2) is 42.6 Å². The van der Waals surface area contributed by atoms with Crippen LogP contribution in [0, 0.1) is 6.92 Å². The maximum atomic E-state index is 12.0. The Kier molecular flexibility index (Phi) is 6.08. The highest BCUT2D eigenvalue weighted by Crippen LogP contribution is 2.09. The number of carboxylic acids is 2. The first-order chi connectivity index (χ1) is 10.6. The number of aliphatic carboxylic acids is 2. The van der Waals surface area contributed by atoms with Gasteiger partial charge >= 0.3 is 18.0 Å². The van der Waals surface area contributed by atoms with E-state index in [0.717, 1.165) is 5.56 Å². The molecule has 1 rings (SSSR count). The number of carbonyl (C=O) groups excluding carboxylic acids is 1. The number of hydrogen-bond donors (Lipinski definition) is 4. The molecule has 1 aromatic rings. The first-order valence-electron chi connectivity index (χ1n) is 6.46. The quantitative estimate of drug-likeness (QED) is 0.555. The van der Waals surface area contributed by atoms with E-state index in [4.69, 9.17) is 10.2 Å². The molecule has 4 N–H and O–H groups in total. The molecule has 0 aliphatic rings. The maximum Gasteiger partial charge on any atom is 0.329 e. The smallest absolute Gasteiger partial charge is 0.329 e. The van der Waals surface area contributed by atoms with Gasteiger partial charge in [-0.1, -0.05) is 17.7 Å². The Balaban J connectivity index is 2.75. The number of rotatable bonds is 7. The van der Waals surface area contributed by atoms with Crippen LogP contribution in [0.3, 0.4) is 0 Å². The van der Waals surface area contributed by atoms with Gasteiger partial charge in [0, 0.05) is 6.42 Å². The zero-order valence-electron chi connectivity index (χ0n) is 12.1. The van der Waals surface area contributed by atoms with Crippen molar-refractivity contribution in [2.24, 2.45) is 0 Å². The van der Waals surface area contributed by atoms with Crippen LogP contribution in [0.15, 0.2) is 29.2 Å². The fourth-order valence-corrected chi connectivity index (χ4v) is 2.53. The first kappa shape index (κ1) is 18.4. The molecule has 0 saturated carbocycles. The minimum absolute atomic E-state index is 0.157. The second-order valence-corrected chi connectivity index (χ2v) is 6.40. The lowest BCUT2D eigenvalue weighted by Gasteiger charge is -2.14. The summed E-state index contributed by atoms with van der Waals surface area (Å²) in [7, 11) is -4.15. The summed E-state index contributed by atoms with van der Waals surface area (Å²) < 4.78 is 25.6. The van der Waals surface area contributed by atoms with Crippen LogP contribution in [-0.2, 0) is 19.6 Å². The average Bonchev–Trinajstić information content (AvgIpc) is 2.42. The van der Waals surface area contributed by atoms with Gasteiger partial charge in [-0.2, -0.15) is 0 Å². The monoisotopic (exact) mass is 344 g/mol. The van der Waals surface area contributed by atoms with E-state index in [1.54, 1.807) is 23.8 Å². The molecule has 9 nitrogen and oxygen atoms in total. The minimum Gasteiger partial charge on any atom is -0.481 e. The van der Waals surface area contributed by atoms with Crippen LogP contribution < -0.4 is 10.0 Å². The van der Waals surface area contributed by atoms with Gasteiger partial charge in [-0.05, 0) is 25.5 Å². The molecule has 0 aromatic heterocycles. The Labute approximate surface area is 132 Å². The van der Waals surface area contributed by atoms with Crippen molar-refractivity contribution in [3.63, 3.8) is 0 Å². The largest absolute Gasteiger partial charge is 0.481 e. The van der Waals surface area contributed by atoms with Gasteiger partial charge < -0.3 is 15.5 Å². The van der Waals surface area contributed by atoms with Crippen molar-refractivity contribution in [3.05, 3.63) is 29.8 Å². The lowest BCUT2D eigenvalue weighted by Crippen LogP contribution is -2.47. The van der Waals surface area contributed by atoms with Crippen LogP contribution >= 0.6 is 0 Å². The van der Waals surface area contributed by atoms with Crippen LogP contribution in [0.25, 0.3) is 0 Å². The van der Waals surface area contributed by atoms with E-state index in [2.05, 4.69) is 0 Å². The van der Waals surface area contributed by atoms with Crippen molar-refractivity contribution >= 4 is 28.0 Å². The molecule has 23 heavy (non-hydrogen) atoms. The lowest BCUT2D eigenvalue weighted by molar-refractivity contribution is -0.140. The van der Waals surface area contributed by atoms with Gasteiger partial charge in [-0.25, -0.2) is 22.7 Å². The van der Waals surface area contributed by atoms with E-state index in [1.165, 1.54) is 12.1 Å². The summed E-state index contributed by atoms with van der Waals surface area (Å²) in [5.74, 6) is -2.69. The van der Waals surface area contributed by atoms with E-state index in [-0.39, 0.29) is 11.3 Å². The van der Waals surface area contributed by atoms with Gasteiger partial charge in [0.1, 0.15) is 6.04 Å². The molecule has 0 radical (unpaired) electrons. The third kappa shape index (κ3) is 5.94. The summed E-state index contributed by atoms with van der Waals surface area (Å²) >= 11 is 0. The summed E-state index contributed by atoms with van der Waals surface area (Å²) in [6, 6.07) is 2.91. The fourth-order valence-electron chi connectivity index (χ4n) is 1.61. The molecule has 126 valence electrons. The van der Waals surface area contributed by atoms with Crippen molar-refractivity contribution in [2.45, 2.75) is 30.7 Å². The van der Waals surface area contributed by atoms with E-state index < -0.39 is 40.5 Å². The Morgan fingerprint density at radius 3 is 2.17 bits per heavy atom. The Hall–Kier alpha value is -2.62. The van der Waals surface area contributed by atoms with Crippen LogP contribution in [0.2, 0.25) is 0 Å². The van der Waals surface area contributed by atoms with Crippen LogP contribution in [0.1, 0.15) is 18.4 Å². The lowest BCUT2D eigenvalue weighted by atomic mass is 10.1. The number of sulfonamides is 1. The summed E-state index contributed by atoms with van der Waals surface area (Å²) in [4.78, 5) is 32.9. The third-order valence-electron chi connectivity index (χ3n) is 2.81. The SMILES string of the molecule is Cc1ccc(S(=O)(=O)NC(=O)N[C@@H](CCC(=O)O)C(=O)O)cc1. The predicted molar refractivity (Wildman–Crippen MR) is 78.3 cm³/mol. The molecular weight excluding hydrogens is 328 g/mol. The second-order valence-electron chi connectivity index (χ2n) is 4.72. The number of benzene rings is 1. The van der Waals surface area contributed by atoms with E-state index >= 15 is 0 Å². The molecule has 0 unspecified atom stereocenters. The minimum atomic E-state index is -4.15. The summed E-state index contributed by atoms with van der Waals surface area (Å²) in [5, 5.41) is 19.3. The van der Waals surface area contributed by atoms with Gasteiger partial charge in [0.25, 0.3) is 10.0 Å². The van der Waals surface area contributed by atoms with Crippen LogP contribution in [0.4, 0.5) is 4.79 Å². The van der Waals surface area contributed by atoms with Gasteiger partial charge in [0.05, 0.1) is 4.90 Å². The molecular formula is C13H16N2O7S. The maximum absolute atomic E-state index is 12.0. The molecule has 1 atom stereocenters. The average molecular weight is 344 g/mol. The molecule has 2 amide bonds. The van der Waals surface area contributed by atoms with E-state index in [0.29, 0.717) is 0 Å². The molecule has 0 bridgehead atoms. The molecule has 0 saturated heterocycles. The van der Waals surface area contributed by atoms with Gasteiger partial charge in [-0.15, -0.1) is 0 Å². The zero-order chi connectivity index (χ0) is 17.6. The van der Waals surface area contributed by atoms with Crippen molar-refractivity contribution in [2.75, 3.05) is 0 Å². The van der Waals surface area contributed by atoms with Crippen molar-refractivity contribution in [3.8, 4) is 0 Å². The molecule has 0 aliphatic carbocycles. The van der Waals surface area contributed by atoms with Gasteiger partial charge in [-0.3, -0.25) is 4.79 Å². The highest BCUT2D eigenvalue weighted by Gasteiger charge is 2.24. The molecule has 1 aromatic carbocycles. The molecule has 0 fully saturated rings. The molecule has 0 heterocycles. The predicted octanol–water partition coefficient (Wildman–Crippen LogP) is 0.301. The Morgan fingerprint density at radius 1 is 1.13 bits per heavy atom. The molecule has 0 aliphatic heterocycles. The topological polar surface area (TPSA) is 150 Å². The van der Waals surface area contributed by atoms with Gasteiger partial charge in [0.2, 0.25) is 0 Å². The highest BCUT2D eigenvalue weighted by molar-refractivity contribution is 7.90. The highest BCUT2D eigenvalue weighted by atomic mass is 32.2. The molecule has 10 heteroatoms. The Morgan fingerprint density at radius 2 is 1.70 bits per heavy atom. The van der Waals surface area contributed by atoms with Crippen molar-refractivity contribution in [1.82, 2.24) is 10.0 Å². The first-order valence-corrected chi connectivity index (χ1v) is 7.94. The zero-order valence-corrected chi connectivity index (χ0v) is 13.0.